The van der Waals surface area contributed by atoms with E-state index in [-0.39, 0.29) is 18.2 Å². The molecule has 4 nitrogen and oxygen atoms in total. The predicted molar refractivity (Wildman–Crippen MR) is 62.6 cm³/mol. The Hall–Kier alpha value is -1.46. The molecular formula is C11H11ClFN3O. The van der Waals surface area contributed by atoms with Crippen molar-refractivity contribution in [2.24, 2.45) is 0 Å². The molecular weight excluding hydrogens is 245 g/mol. The number of hydrogen-bond acceptors (Lipinski definition) is 4. The van der Waals surface area contributed by atoms with E-state index in [0.717, 1.165) is 13.1 Å². The highest BCUT2D eigenvalue weighted by molar-refractivity contribution is 5.85. The SMILES string of the molecule is Cl.Fc1cccc(-c2noc(C3CNC3)n2)c1. The maximum atomic E-state index is 13.0. The van der Waals surface area contributed by atoms with E-state index in [1.165, 1.54) is 12.1 Å². The van der Waals surface area contributed by atoms with Crippen molar-refractivity contribution in [1.82, 2.24) is 15.5 Å². The average Bonchev–Trinajstić information content (AvgIpc) is 2.64. The Labute approximate surface area is 104 Å². The number of hydrogen-bond donors (Lipinski definition) is 1. The van der Waals surface area contributed by atoms with E-state index in [1.54, 1.807) is 12.1 Å². The van der Waals surface area contributed by atoms with Crippen molar-refractivity contribution in [2.75, 3.05) is 13.1 Å². The normalized spacial score (nSPS) is 15.1. The molecule has 1 N–H and O–H groups in total. The van der Waals surface area contributed by atoms with E-state index in [9.17, 15) is 4.39 Å². The van der Waals surface area contributed by atoms with Gasteiger partial charge in [-0.3, -0.25) is 0 Å². The number of nitrogens with zero attached hydrogens (tertiary/aromatic N) is 2. The van der Waals surface area contributed by atoms with Gasteiger partial charge >= 0.3 is 0 Å². The van der Waals surface area contributed by atoms with Crippen molar-refractivity contribution in [1.29, 1.82) is 0 Å². The second-order valence-corrected chi connectivity index (χ2v) is 3.82. The Kier molecular flexibility index (Phi) is 3.40. The molecule has 1 aliphatic rings. The summed E-state index contributed by atoms with van der Waals surface area (Å²) < 4.78 is 18.1. The molecule has 1 fully saturated rings. The molecule has 0 atom stereocenters. The van der Waals surface area contributed by atoms with Crippen LogP contribution in [0.15, 0.2) is 28.8 Å². The van der Waals surface area contributed by atoms with Crippen LogP contribution in [0.4, 0.5) is 4.39 Å². The van der Waals surface area contributed by atoms with Gasteiger partial charge in [-0.25, -0.2) is 4.39 Å². The molecule has 1 aromatic heterocycles. The molecule has 0 amide bonds. The Morgan fingerprint density at radius 1 is 1.35 bits per heavy atom. The Morgan fingerprint density at radius 3 is 2.82 bits per heavy atom. The van der Waals surface area contributed by atoms with E-state index >= 15 is 0 Å². The topological polar surface area (TPSA) is 51.0 Å². The van der Waals surface area contributed by atoms with E-state index in [4.69, 9.17) is 4.52 Å². The van der Waals surface area contributed by atoms with Crippen LogP contribution in [0.1, 0.15) is 11.8 Å². The molecule has 3 rings (SSSR count). The summed E-state index contributed by atoms with van der Waals surface area (Å²) in [5.74, 6) is 1.07. The summed E-state index contributed by atoms with van der Waals surface area (Å²) in [4.78, 5) is 4.26. The standard InChI is InChI=1S/C11H10FN3O.ClH/c12-9-3-1-2-7(4-9)10-14-11(16-15-10)8-5-13-6-8;/h1-4,8,13H,5-6H2;1H. The van der Waals surface area contributed by atoms with Gasteiger partial charge < -0.3 is 9.84 Å². The molecule has 17 heavy (non-hydrogen) atoms. The first-order valence-corrected chi connectivity index (χ1v) is 5.13. The predicted octanol–water partition coefficient (Wildman–Crippen LogP) is 1.98. The minimum atomic E-state index is -0.297. The number of halogens is 2. The van der Waals surface area contributed by atoms with Gasteiger partial charge in [0.2, 0.25) is 11.7 Å². The molecule has 0 saturated carbocycles. The third-order valence-corrected chi connectivity index (χ3v) is 2.66. The summed E-state index contributed by atoms with van der Waals surface area (Å²) in [6.07, 6.45) is 0. The largest absolute Gasteiger partial charge is 0.339 e. The summed E-state index contributed by atoms with van der Waals surface area (Å²) in [5.41, 5.74) is 0.641. The van der Waals surface area contributed by atoms with Crippen LogP contribution in [-0.4, -0.2) is 23.2 Å². The molecule has 0 unspecified atom stereocenters. The molecule has 0 radical (unpaired) electrons. The molecule has 0 spiro atoms. The number of benzene rings is 1. The summed E-state index contributed by atoms with van der Waals surface area (Å²) in [6, 6.07) is 6.18. The average molecular weight is 256 g/mol. The second-order valence-electron chi connectivity index (χ2n) is 3.82. The van der Waals surface area contributed by atoms with Crippen LogP contribution in [0.5, 0.6) is 0 Å². The zero-order valence-corrected chi connectivity index (χ0v) is 9.71. The van der Waals surface area contributed by atoms with E-state index in [2.05, 4.69) is 15.5 Å². The van der Waals surface area contributed by atoms with Gasteiger partial charge in [0.1, 0.15) is 5.82 Å². The van der Waals surface area contributed by atoms with E-state index < -0.39 is 0 Å². The molecule has 0 aliphatic carbocycles. The van der Waals surface area contributed by atoms with Crippen LogP contribution in [0.25, 0.3) is 11.4 Å². The minimum Gasteiger partial charge on any atom is -0.339 e. The van der Waals surface area contributed by atoms with Crippen molar-refractivity contribution < 1.29 is 8.91 Å². The van der Waals surface area contributed by atoms with Crippen LogP contribution in [0.2, 0.25) is 0 Å². The first kappa shape index (κ1) is 12.0. The molecule has 90 valence electrons. The number of nitrogens with one attached hydrogen (secondary N) is 1. The fourth-order valence-electron chi connectivity index (χ4n) is 1.61. The van der Waals surface area contributed by atoms with Crippen molar-refractivity contribution in [3.05, 3.63) is 36.0 Å². The summed E-state index contributed by atoms with van der Waals surface area (Å²) in [5, 5.41) is 6.98. The highest BCUT2D eigenvalue weighted by atomic mass is 35.5. The summed E-state index contributed by atoms with van der Waals surface area (Å²) in [7, 11) is 0. The smallest absolute Gasteiger partial charge is 0.232 e. The van der Waals surface area contributed by atoms with Crippen LogP contribution >= 0.6 is 12.4 Å². The molecule has 1 aromatic carbocycles. The van der Waals surface area contributed by atoms with Crippen LogP contribution in [0.3, 0.4) is 0 Å². The van der Waals surface area contributed by atoms with Crippen molar-refractivity contribution in [3.8, 4) is 11.4 Å². The third-order valence-electron chi connectivity index (χ3n) is 2.66. The molecule has 0 bridgehead atoms. The van der Waals surface area contributed by atoms with Crippen molar-refractivity contribution in [2.45, 2.75) is 5.92 Å². The Morgan fingerprint density at radius 2 is 2.18 bits per heavy atom. The van der Waals surface area contributed by atoms with Gasteiger partial charge in [0.05, 0.1) is 5.92 Å². The molecule has 2 aromatic rings. The zero-order valence-electron chi connectivity index (χ0n) is 8.89. The van der Waals surface area contributed by atoms with Crippen LogP contribution in [-0.2, 0) is 0 Å². The van der Waals surface area contributed by atoms with Gasteiger partial charge in [0, 0.05) is 18.7 Å². The lowest BCUT2D eigenvalue weighted by Gasteiger charge is -2.22. The molecule has 1 saturated heterocycles. The maximum Gasteiger partial charge on any atom is 0.232 e. The fourth-order valence-corrected chi connectivity index (χ4v) is 1.61. The maximum absolute atomic E-state index is 13.0. The number of aromatic nitrogens is 2. The van der Waals surface area contributed by atoms with Crippen LogP contribution < -0.4 is 5.32 Å². The lowest BCUT2D eigenvalue weighted by atomic mass is 10.0. The minimum absolute atomic E-state index is 0. The third kappa shape index (κ3) is 2.30. The van der Waals surface area contributed by atoms with Gasteiger partial charge in [-0.1, -0.05) is 17.3 Å². The number of rotatable bonds is 2. The van der Waals surface area contributed by atoms with Gasteiger partial charge in [-0.05, 0) is 12.1 Å². The van der Waals surface area contributed by atoms with Gasteiger partial charge in [0.25, 0.3) is 0 Å². The lowest BCUT2D eigenvalue weighted by Crippen LogP contribution is -2.40. The Balaban J connectivity index is 0.00000108. The molecule has 6 heteroatoms. The van der Waals surface area contributed by atoms with Crippen molar-refractivity contribution in [3.63, 3.8) is 0 Å². The first-order valence-electron chi connectivity index (χ1n) is 5.13. The quantitative estimate of drug-likeness (QED) is 0.892. The summed E-state index contributed by atoms with van der Waals surface area (Å²) >= 11 is 0. The van der Waals surface area contributed by atoms with Gasteiger partial charge in [-0.15, -0.1) is 12.4 Å². The Bertz CT molecular complexity index is 513. The van der Waals surface area contributed by atoms with E-state index in [1.807, 2.05) is 0 Å². The zero-order chi connectivity index (χ0) is 11.0. The monoisotopic (exact) mass is 255 g/mol. The molecule has 1 aliphatic heterocycles. The first-order chi connectivity index (χ1) is 7.83. The highest BCUT2D eigenvalue weighted by Crippen LogP contribution is 2.22. The molecule has 2 heterocycles. The fraction of sp³-hybridized carbons (Fsp3) is 0.273. The van der Waals surface area contributed by atoms with Gasteiger partial charge in [0.15, 0.2) is 0 Å². The lowest BCUT2D eigenvalue weighted by molar-refractivity contribution is 0.308. The van der Waals surface area contributed by atoms with Crippen molar-refractivity contribution >= 4 is 12.4 Å². The van der Waals surface area contributed by atoms with E-state index in [0.29, 0.717) is 23.2 Å². The van der Waals surface area contributed by atoms with Crippen LogP contribution in [0, 0.1) is 5.82 Å². The van der Waals surface area contributed by atoms with Gasteiger partial charge in [-0.2, -0.15) is 4.98 Å². The second kappa shape index (κ2) is 4.81. The highest BCUT2D eigenvalue weighted by Gasteiger charge is 2.25. The summed E-state index contributed by atoms with van der Waals surface area (Å²) in [6.45, 7) is 1.73.